The summed E-state index contributed by atoms with van der Waals surface area (Å²) in [7, 11) is -8.12. The molecule has 2 saturated carbocycles. The van der Waals surface area contributed by atoms with E-state index in [1.165, 1.54) is 6.33 Å². The molecule has 2 aromatic heterocycles. The molecular formula is C13H18FN5O8P2. The molecule has 0 unspecified atom stereocenters. The van der Waals surface area contributed by atoms with Crippen molar-refractivity contribution < 1.29 is 42.1 Å². The lowest BCUT2D eigenvalue weighted by atomic mass is 10.0. The molecule has 0 spiro atoms. The van der Waals surface area contributed by atoms with Crippen molar-refractivity contribution in [2.45, 2.75) is 25.0 Å². The molecule has 5 N–H and O–H groups in total. The van der Waals surface area contributed by atoms with Crippen molar-refractivity contribution in [2.75, 3.05) is 19.0 Å². The third kappa shape index (κ3) is 3.82. The number of imidazole rings is 1. The molecule has 2 aliphatic carbocycles. The van der Waals surface area contributed by atoms with Gasteiger partial charge in [0.2, 0.25) is 0 Å². The Kier molecular flexibility index (Phi) is 4.84. The summed E-state index contributed by atoms with van der Waals surface area (Å²) in [5, 5.41) is 2.72. The first-order valence-electron chi connectivity index (χ1n) is 8.45. The molecule has 0 amide bonds. The van der Waals surface area contributed by atoms with E-state index < -0.39 is 45.9 Å². The van der Waals surface area contributed by atoms with Gasteiger partial charge >= 0.3 is 21.7 Å². The fourth-order valence-corrected chi connectivity index (χ4v) is 5.29. The number of aromatic nitrogens is 4. The molecule has 2 aliphatic rings. The number of phosphoric acid groups is 2. The van der Waals surface area contributed by atoms with Crippen LogP contribution in [0.1, 0.15) is 18.9 Å². The Bertz CT molecular complexity index is 1060. The number of nitrogens with zero attached hydrogens (tertiary/aromatic N) is 4. The minimum Gasteiger partial charge on any atom is -0.371 e. The van der Waals surface area contributed by atoms with Gasteiger partial charge in [-0.05, 0) is 18.8 Å². The highest BCUT2D eigenvalue weighted by atomic mass is 31.2. The van der Waals surface area contributed by atoms with E-state index in [9.17, 15) is 23.3 Å². The Labute approximate surface area is 162 Å². The Morgan fingerprint density at radius 1 is 1.31 bits per heavy atom. The van der Waals surface area contributed by atoms with Crippen LogP contribution in [0.5, 0.6) is 0 Å². The van der Waals surface area contributed by atoms with Gasteiger partial charge in [-0.3, -0.25) is 9.05 Å². The Balaban J connectivity index is 1.70. The van der Waals surface area contributed by atoms with Crippen LogP contribution in [0.25, 0.3) is 11.2 Å². The zero-order valence-corrected chi connectivity index (χ0v) is 16.7. The first-order valence-corrected chi connectivity index (χ1v) is 11.5. The molecule has 4 atom stereocenters. The first kappa shape index (κ1) is 20.8. The summed E-state index contributed by atoms with van der Waals surface area (Å²) in [5.74, 6) is -0.113. The van der Waals surface area contributed by atoms with Gasteiger partial charge in [0.05, 0.1) is 19.0 Å². The van der Waals surface area contributed by atoms with Gasteiger partial charge in [-0.25, -0.2) is 14.1 Å². The van der Waals surface area contributed by atoms with Gasteiger partial charge in [-0.1, -0.05) is 0 Å². The summed E-state index contributed by atoms with van der Waals surface area (Å²) in [6.45, 7) is -0.444. The summed E-state index contributed by atoms with van der Waals surface area (Å²) >= 11 is 0. The number of rotatable bonds is 7. The van der Waals surface area contributed by atoms with Gasteiger partial charge in [0.15, 0.2) is 17.0 Å². The normalized spacial score (nSPS) is 29.2. The molecule has 160 valence electrons. The SMILES string of the molecule is CNc1nc(F)nc2c1ncn2[C@H]1C[C@H](OP(=O)(O)O)[C@@]2(COP(=O)(O)O)C[C@H]12. The number of hydrogen-bond acceptors (Lipinski definition) is 8. The third-order valence-electron chi connectivity index (χ3n) is 5.49. The minimum absolute atomic E-state index is 0.0895. The monoisotopic (exact) mass is 453 g/mol. The van der Waals surface area contributed by atoms with E-state index in [1.807, 2.05) is 0 Å². The van der Waals surface area contributed by atoms with Crippen molar-refractivity contribution in [3.63, 3.8) is 0 Å². The molecule has 29 heavy (non-hydrogen) atoms. The van der Waals surface area contributed by atoms with E-state index in [2.05, 4.69) is 24.8 Å². The Morgan fingerprint density at radius 2 is 2.03 bits per heavy atom. The molecule has 16 heteroatoms. The maximum absolute atomic E-state index is 13.8. The number of halogens is 1. The van der Waals surface area contributed by atoms with Crippen LogP contribution in [0.4, 0.5) is 10.2 Å². The summed E-state index contributed by atoms with van der Waals surface area (Å²) in [6.07, 6.45) is -0.160. The van der Waals surface area contributed by atoms with Crippen LogP contribution in [0.15, 0.2) is 6.33 Å². The fraction of sp³-hybridized carbons (Fsp3) is 0.615. The predicted octanol–water partition coefficient (Wildman–Crippen LogP) is 0.545. The molecule has 0 bridgehead atoms. The van der Waals surface area contributed by atoms with Gasteiger partial charge in [0.1, 0.15) is 0 Å². The predicted molar refractivity (Wildman–Crippen MR) is 93.9 cm³/mol. The molecule has 2 fully saturated rings. The average Bonchev–Trinajstić information content (AvgIpc) is 3.07. The van der Waals surface area contributed by atoms with E-state index in [-0.39, 0.29) is 23.8 Å². The van der Waals surface area contributed by atoms with Crippen LogP contribution in [0.2, 0.25) is 0 Å². The van der Waals surface area contributed by atoms with Crippen LogP contribution in [-0.4, -0.2) is 58.9 Å². The van der Waals surface area contributed by atoms with Crippen LogP contribution in [0, 0.1) is 17.4 Å². The second-order valence-electron chi connectivity index (χ2n) is 7.11. The third-order valence-corrected chi connectivity index (χ3v) is 6.49. The number of fused-ring (bicyclic) bond motifs is 2. The fourth-order valence-electron chi connectivity index (χ4n) is 4.25. The zero-order chi connectivity index (χ0) is 21.2. The van der Waals surface area contributed by atoms with Gasteiger partial charge in [0, 0.05) is 18.5 Å². The maximum Gasteiger partial charge on any atom is 0.469 e. The van der Waals surface area contributed by atoms with E-state index >= 15 is 0 Å². The van der Waals surface area contributed by atoms with Crippen molar-refractivity contribution >= 4 is 32.6 Å². The summed E-state index contributed by atoms with van der Waals surface area (Å²) in [4.78, 5) is 48.1. The summed E-state index contributed by atoms with van der Waals surface area (Å²) in [6, 6.07) is -0.448. The smallest absolute Gasteiger partial charge is 0.371 e. The molecule has 13 nitrogen and oxygen atoms in total. The molecule has 4 rings (SSSR count). The molecule has 2 heterocycles. The molecule has 2 aromatic rings. The van der Waals surface area contributed by atoms with Crippen molar-refractivity contribution in [1.82, 2.24) is 19.5 Å². The summed E-state index contributed by atoms with van der Waals surface area (Å²) in [5.41, 5.74) is -0.507. The number of anilines is 1. The highest BCUT2D eigenvalue weighted by Gasteiger charge is 2.70. The number of hydrogen-bond donors (Lipinski definition) is 5. The highest BCUT2D eigenvalue weighted by molar-refractivity contribution is 7.46. The largest absolute Gasteiger partial charge is 0.469 e. The van der Waals surface area contributed by atoms with Crippen LogP contribution in [-0.2, 0) is 18.2 Å². The lowest BCUT2D eigenvalue weighted by molar-refractivity contribution is 0.0499. The van der Waals surface area contributed by atoms with E-state index in [4.69, 9.17) is 14.3 Å². The first-order chi connectivity index (χ1) is 13.4. The molecular weight excluding hydrogens is 435 g/mol. The number of phosphoric ester groups is 2. The number of nitrogens with one attached hydrogen (secondary N) is 1. The molecule has 0 saturated heterocycles. The topological polar surface area (TPSA) is 189 Å². The van der Waals surface area contributed by atoms with Crippen LogP contribution in [0.3, 0.4) is 0 Å². The zero-order valence-electron chi connectivity index (χ0n) is 14.9. The van der Waals surface area contributed by atoms with Gasteiger partial charge in [0.25, 0.3) is 0 Å². The van der Waals surface area contributed by atoms with E-state index in [0.717, 1.165) is 0 Å². The summed E-state index contributed by atoms with van der Waals surface area (Å²) < 4.78 is 47.5. The van der Waals surface area contributed by atoms with Gasteiger partial charge in [-0.15, -0.1) is 0 Å². The lowest BCUT2D eigenvalue weighted by Crippen LogP contribution is -2.26. The second kappa shape index (κ2) is 6.76. The Hall–Kier alpha value is -1.50. The maximum atomic E-state index is 13.8. The highest BCUT2D eigenvalue weighted by Crippen LogP contribution is 2.71. The minimum atomic E-state index is -4.87. The molecule has 0 aliphatic heterocycles. The van der Waals surface area contributed by atoms with E-state index in [1.54, 1.807) is 11.6 Å². The van der Waals surface area contributed by atoms with Gasteiger partial charge < -0.3 is 29.5 Å². The van der Waals surface area contributed by atoms with Crippen molar-refractivity contribution in [1.29, 1.82) is 0 Å². The quantitative estimate of drug-likeness (QED) is 0.290. The van der Waals surface area contributed by atoms with Crippen molar-refractivity contribution in [2.24, 2.45) is 11.3 Å². The average molecular weight is 453 g/mol. The lowest BCUT2D eigenvalue weighted by Gasteiger charge is -2.24. The van der Waals surface area contributed by atoms with Crippen molar-refractivity contribution in [3.05, 3.63) is 12.4 Å². The Morgan fingerprint density at radius 3 is 2.66 bits per heavy atom. The standard InChI is InChI=1S/C13H18FN5O8P2/c1-15-10-9-11(18-12(14)17-10)19(5-16-9)7-2-8(27-29(23,24)25)13(3-6(7)13)4-26-28(20,21)22/h5-8H,2-4H2,1H3,(H,15,17,18)(H2,20,21,22)(H2,23,24,25)/t6-,7+,8+,13-/m1/s1. The molecule has 0 aromatic carbocycles. The van der Waals surface area contributed by atoms with E-state index in [0.29, 0.717) is 11.9 Å². The van der Waals surface area contributed by atoms with Crippen LogP contribution < -0.4 is 5.32 Å². The second-order valence-corrected chi connectivity index (χ2v) is 9.54. The van der Waals surface area contributed by atoms with Crippen LogP contribution >= 0.6 is 15.6 Å². The van der Waals surface area contributed by atoms with Gasteiger partial charge in [-0.2, -0.15) is 14.4 Å². The molecule has 0 radical (unpaired) electrons. The van der Waals surface area contributed by atoms with Crippen molar-refractivity contribution in [3.8, 4) is 0 Å².